The average Bonchev–Trinajstić information content (AvgIpc) is 3.16. The van der Waals surface area contributed by atoms with Gasteiger partial charge in [0.1, 0.15) is 5.69 Å². The molecule has 1 aromatic heterocycles. The molecule has 2 aliphatic rings. The van der Waals surface area contributed by atoms with Crippen molar-refractivity contribution in [3.63, 3.8) is 0 Å². The topological polar surface area (TPSA) is 76.6 Å². The van der Waals surface area contributed by atoms with E-state index in [0.29, 0.717) is 50.8 Å². The minimum atomic E-state index is -0.494. The van der Waals surface area contributed by atoms with Gasteiger partial charge in [-0.1, -0.05) is 39.0 Å². The molecule has 1 amide bonds. The minimum absolute atomic E-state index is 0.0227. The smallest absolute Gasteiger partial charge is 0.272 e. The number of nitrogens with zero attached hydrogens (tertiary/aromatic N) is 3. The molecule has 1 N–H and O–H groups in total. The van der Waals surface area contributed by atoms with E-state index < -0.39 is 5.79 Å². The second-order valence-corrected chi connectivity index (χ2v) is 8.59. The van der Waals surface area contributed by atoms with Gasteiger partial charge in [0.25, 0.3) is 5.91 Å². The number of hydrogen-bond donors (Lipinski definition) is 1. The fourth-order valence-electron chi connectivity index (χ4n) is 3.90. The number of para-hydroxylation sites is 1. The Morgan fingerprint density at radius 2 is 1.79 bits per heavy atom. The summed E-state index contributed by atoms with van der Waals surface area (Å²) in [6, 6.07) is 9.76. The highest BCUT2D eigenvalue weighted by molar-refractivity contribution is 5.92. The van der Waals surface area contributed by atoms with Gasteiger partial charge in [0, 0.05) is 37.8 Å². The highest BCUT2D eigenvalue weighted by atomic mass is 16.7. The van der Waals surface area contributed by atoms with Crippen molar-refractivity contribution in [2.75, 3.05) is 31.6 Å². The largest absolute Gasteiger partial charge is 0.347 e. The molecule has 1 spiro atoms. The van der Waals surface area contributed by atoms with Crippen LogP contribution in [0.3, 0.4) is 0 Å². The summed E-state index contributed by atoms with van der Waals surface area (Å²) in [5.74, 6) is -0.165. The SMILES string of the molecule is CC(C)(C)c1ccccc1Nc1nccc(C(=O)N2CCC3(CC2)OCCO3)n1. The summed E-state index contributed by atoms with van der Waals surface area (Å²) in [5, 5.41) is 3.28. The number of anilines is 2. The number of rotatable bonds is 3. The molecule has 0 atom stereocenters. The van der Waals surface area contributed by atoms with E-state index in [2.05, 4.69) is 42.1 Å². The first-order valence-electron chi connectivity index (χ1n) is 10.1. The molecule has 2 saturated heterocycles. The van der Waals surface area contributed by atoms with Gasteiger partial charge in [0.15, 0.2) is 5.79 Å². The molecule has 0 saturated carbocycles. The van der Waals surface area contributed by atoms with Crippen molar-refractivity contribution in [1.82, 2.24) is 14.9 Å². The maximum atomic E-state index is 13.0. The zero-order chi connectivity index (χ0) is 20.5. The van der Waals surface area contributed by atoms with Crippen molar-refractivity contribution >= 4 is 17.5 Å². The molecule has 0 aliphatic carbocycles. The second kappa shape index (κ2) is 7.72. The van der Waals surface area contributed by atoms with Crippen molar-refractivity contribution in [2.24, 2.45) is 0 Å². The molecule has 29 heavy (non-hydrogen) atoms. The number of aromatic nitrogens is 2. The number of carbonyl (C=O) groups excluding carboxylic acids is 1. The summed E-state index contributed by atoms with van der Waals surface area (Å²) in [5.41, 5.74) is 2.48. The summed E-state index contributed by atoms with van der Waals surface area (Å²) < 4.78 is 11.5. The molecule has 3 heterocycles. The van der Waals surface area contributed by atoms with E-state index >= 15 is 0 Å². The van der Waals surface area contributed by atoms with Crippen LogP contribution in [0, 0.1) is 0 Å². The van der Waals surface area contributed by atoms with E-state index in [-0.39, 0.29) is 11.3 Å². The standard InChI is InChI=1S/C22H28N4O3/c1-21(2,3)16-6-4-5-7-17(16)24-20-23-11-8-18(25-20)19(27)26-12-9-22(10-13-26)28-14-15-29-22/h4-8,11H,9-10,12-15H2,1-3H3,(H,23,24,25). The van der Waals surface area contributed by atoms with Gasteiger partial charge in [0.2, 0.25) is 5.95 Å². The molecule has 154 valence electrons. The molecule has 0 radical (unpaired) electrons. The second-order valence-electron chi connectivity index (χ2n) is 8.59. The number of carbonyl (C=O) groups is 1. The van der Waals surface area contributed by atoms with Crippen LogP contribution in [0.1, 0.15) is 49.7 Å². The Bertz CT molecular complexity index is 878. The van der Waals surface area contributed by atoms with E-state index in [1.165, 1.54) is 5.56 Å². The van der Waals surface area contributed by atoms with Crippen molar-refractivity contribution in [3.8, 4) is 0 Å². The number of ether oxygens (including phenoxy) is 2. The Morgan fingerprint density at radius 1 is 1.10 bits per heavy atom. The molecule has 0 unspecified atom stereocenters. The van der Waals surface area contributed by atoms with Crippen LogP contribution in [-0.2, 0) is 14.9 Å². The molecule has 1 aromatic carbocycles. The zero-order valence-electron chi connectivity index (χ0n) is 17.3. The fourth-order valence-corrected chi connectivity index (χ4v) is 3.90. The van der Waals surface area contributed by atoms with Gasteiger partial charge in [-0.15, -0.1) is 0 Å². The molecule has 2 aliphatic heterocycles. The van der Waals surface area contributed by atoms with Crippen LogP contribution in [-0.4, -0.2) is 52.9 Å². The lowest BCUT2D eigenvalue weighted by molar-refractivity contribution is -0.181. The average molecular weight is 396 g/mol. The Morgan fingerprint density at radius 3 is 2.48 bits per heavy atom. The Labute approximate surface area is 171 Å². The lowest BCUT2D eigenvalue weighted by Crippen LogP contribution is -2.47. The summed E-state index contributed by atoms with van der Waals surface area (Å²) >= 11 is 0. The van der Waals surface area contributed by atoms with Gasteiger partial charge in [0.05, 0.1) is 13.2 Å². The van der Waals surface area contributed by atoms with E-state index in [1.807, 2.05) is 23.1 Å². The Hall–Kier alpha value is -2.51. The van der Waals surface area contributed by atoms with Crippen LogP contribution in [0.5, 0.6) is 0 Å². The number of hydrogen-bond acceptors (Lipinski definition) is 6. The Kier molecular flexibility index (Phi) is 5.27. The predicted molar refractivity (Wildman–Crippen MR) is 110 cm³/mol. The number of benzene rings is 1. The number of piperidine rings is 1. The Balaban J connectivity index is 1.48. The van der Waals surface area contributed by atoms with Crippen molar-refractivity contribution in [3.05, 3.63) is 47.8 Å². The molecule has 0 bridgehead atoms. The first kappa shape index (κ1) is 19.8. The summed E-state index contributed by atoms with van der Waals surface area (Å²) in [6.45, 7) is 8.94. The monoisotopic (exact) mass is 396 g/mol. The zero-order valence-corrected chi connectivity index (χ0v) is 17.3. The van der Waals surface area contributed by atoms with Gasteiger partial charge in [-0.3, -0.25) is 4.79 Å². The number of amides is 1. The first-order valence-corrected chi connectivity index (χ1v) is 10.1. The molecule has 2 aromatic rings. The van der Waals surface area contributed by atoms with E-state index in [4.69, 9.17) is 9.47 Å². The molecule has 7 nitrogen and oxygen atoms in total. The third kappa shape index (κ3) is 4.26. The van der Waals surface area contributed by atoms with Gasteiger partial charge in [-0.2, -0.15) is 0 Å². The van der Waals surface area contributed by atoms with Gasteiger partial charge in [-0.05, 0) is 23.1 Å². The van der Waals surface area contributed by atoms with E-state index in [1.54, 1.807) is 12.3 Å². The molecule has 2 fully saturated rings. The van der Waals surface area contributed by atoms with E-state index in [0.717, 1.165) is 5.69 Å². The molecular weight excluding hydrogens is 368 g/mol. The maximum Gasteiger partial charge on any atom is 0.272 e. The fraction of sp³-hybridized carbons (Fsp3) is 0.500. The lowest BCUT2D eigenvalue weighted by atomic mass is 9.86. The maximum absolute atomic E-state index is 13.0. The molecule has 7 heteroatoms. The number of likely N-dealkylation sites (tertiary alicyclic amines) is 1. The van der Waals surface area contributed by atoms with Crippen LogP contribution in [0.2, 0.25) is 0 Å². The number of nitrogens with one attached hydrogen (secondary N) is 1. The third-order valence-corrected chi connectivity index (χ3v) is 5.48. The molecule has 4 rings (SSSR count). The summed E-state index contributed by atoms with van der Waals surface area (Å²) in [7, 11) is 0. The van der Waals surface area contributed by atoms with Gasteiger partial charge < -0.3 is 19.7 Å². The normalized spacial score (nSPS) is 18.8. The highest BCUT2D eigenvalue weighted by Gasteiger charge is 2.41. The lowest BCUT2D eigenvalue weighted by Gasteiger charge is -2.37. The predicted octanol–water partition coefficient (Wildman–Crippen LogP) is 3.50. The highest BCUT2D eigenvalue weighted by Crippen LogP contribution is 2.32. The third-order valence-electron chi connectivity index (χ3n) is 5.48. The van der Waals surface area contributed by atoms with Crippen LogP contribution in [0.25, 0.3) is 0 Å². The minimum Gasteiger partial charge on any atom is -0.347 e. The van der Waals surface area contributed by atoms with Gasteiger partial charge >= 0.3 is 0 Å². The van der Waals surface area contributed by atoms with Crippen LogP contribution < -0.4 is 5.32 Å². The van der Waals surface area contributed by atoms with Crippen LogP contribution in [0.4, 0.5) is 11.6 Å². The quantitative estimate of drug-likeness (QED) is 0.856. The first-order chi connectivity index (χ1) is 13.9. The van der Waals surface area contributed by atoms with E-state index in [9.17, 15) is 4.79 Å². The van der Waals surface area contributed by atoms with Crippen molar-refractivity contribution in [1.29, 1.82) is 0 Å². The van der Waals surface area contributed by atoms with Crippen LogP contribution >= 0.6 is 0 Å². The van der Waals surface area contributed by atoms with Crippen molar-refractivity contribution < 1.29 is 14.3 Å². The summed E-state index contributed by atoms with van der Waals surface area (Å²) in [4.78, 5) is 23.6. The van der Waals surface area contributed by atoms with Crippen molar-refractivity contribution in [2.45, 2.75) is 44.8 Å². The summed E-state index contributed by atoms with van der Waals surface area (Å²) in [6.07, 6.45) is 3.00. The van der Waals surface area contributed by atoms with Crippen LogP contribution in [0.15, 0.2) is 36.5 Å². The molecular formula is C22H28N4O3. The van der Waals surface area contributed by atoms with Gasteiger partial charge in [-0.25, -0.2) is 9.97 Å².